The summed E-state index contributed by atoms with van der Waals surface area (Å²) < 4.78 is 38.9. The van der Waals surface area contributed by atoms with E-state index in [1.54, 1.807) is 18.2 Å². The van der Waals surface area contributed by atoms with Crippen LogP contribution in [0.15, 0.2) is 54.1 Å². The monoisotopic (exact) mass is 317 g/mol. The van der Waals surface area contributed by atoms with Crippen LogP contribution in [0.2, 0.25) is 0 Å². The molecule has 0 spiro atoms. The second kappa shape index (κ2) is 4.98. The molecule has 0 aliphatic heterocycles. The van der Waals surface area contributed by atoms with E-state index in [0.29, 0.717) is 18.2 Å². The molecule has 0 amide bonds. The Morgan fingerprint density at radius 3 is 2.29 bits per heavy atom. The number of Topliss-reactive ketones (excluding diaryl/α,β-unsaturated/α-hetero) is 1. The first kappa shape index (κ1) is 15.8. The SMILES string of the molecule is NC1(O)C=CC(Cl)(C(F)(F)F)C=C1C(=O)c1ccccc1. The Balaban J connectivity index is 2.51. The van der Waals surface area contributed by atoms with Gasteiger partial charge in [0.2, 0.25) is 0 Å². The van der Waals surface area contributed by atoms with Crippen LogP contribution < -0.4 is 5.73 Å². The van der Waals surface area contributed by atoms with E-state index in [4.69, 9.17) is 17.3 Å². The molecule has 112 valence electrons. The van der Waals surface area contributed by atoms with Crippen molar-refractivity contribution in [2.45, 2.75) is 16.8 Å². The van der Waals surface area contributed by atoms with Crippen LogP contribution in [0.4, 0.5) is 13.2 Å². The minimum atomic E-state index is -4.83. The molecule has 2 rings (SSSR count). The number of aliphatic hydroxyl groups is 1. The van der Waals surface area contributed by atoms with E-state index in [-0.39, 0.29) is 5.56 Å². The number of hydrogen-bond donors (Lipinski definition) is 2. The number of alkyl halides is 4. The van der Waals surface area contributed by atoms with E-state index in [2.05, 4.69) is 0 Å². The summed E-state index contributed by atoms with van der Waals surface area (Å²) in [5.74, 6) is -0.820. The summed E-state index contributed by atoms with van der Waals surface area (Å²) in [5, 5.41) is 9.94. The summed E-state index contributed by atoms with van der Waals surface area (Å²) in [6.45, 7) is 0. The van der Waals surface area contributed by atoms with Crippen LogP contribution in [0.25, 0.3) is 0 Å². The number of allylic oxidation sites excluding steroid dienone is 2. The summed E-state index contributed by atoms with van der Waals surface area (Å²) in [7, 11) is 0. The van der Waals surface area contributed by atoms with Crippen molar-refractivity contribution < 1.29 is 23.1 Å². The highest BCUT2D eigenvalue weighted by molar-refractivity contribution is 6.28. The fraction of sp³-hybridized carbons (Fsp3) is 0.214. The van der Waals surface area contributed by atoms with Crippen LogP contribution in [-0.2, 0) is 0 Å². The Morgan fingerprint density at radius 2 is 1.76 bits per heavy atom. The molecule has 3 N–H and O–H groups in total. The lowest BCUT2D eigenvalue weighted by molar-refractivity contribution is -0.140. The van der Waals surface area contributed by atoms with E-state index in [9.17, 15) is 23.1 Å². The third-order valence-corrected chi connectivity index (χ3v) is 3.53. The highest BCUT2D eigenvalue weighted by Gasteiger charge is 2.54. The van der Waals surface area contributed by atoms with Gasteiger partial charge in [-0.05, 0) is 12.2 Å². The Kier molecular flexibility index (Phi) is 3.73. The Hall–Kier alpha value is -1.63. The summed E-state index contributed by atoms with van der Waals surface area (Å²) >= 11 is 5.50. The fourth-order valence-electron chi connectivity index (χ4n) is 1.88. The van der Waals surface area contributed by atoms with Gasteiger partial charge in [0, 0.05) is 11.1 Å². The third-order valence-electron chi connectivity index (χ3n) is 3.08. The van der Waals surface area contributed by atoms with Crippen molar-refractivity contribution >= 4 is 17.4 Å². The lowest BCUT2D eigenvalue weighted by Gasteiger charge is -2.33. The second-order valence-corrected chi connectivity index (χ2v) is 5.30. The van der Waals surface area contributed by atoms with Crippen LogP contribution in [-0.4, -0.2) is 27.7 Å². The lowest BCUT2D eigenvalue weighted by atomic mass is 9.85. The van der Waals surface area contributed by atoms with E-state index in [0.717, 1.165) is 0 Å². The summed E-state index contributed by atoms with van der Waals surface area (Å²) in [6.07, 6.45) is -3.19. The average Bonchev–Trinajstić information content (AvgIpc) is 2.41. The molecule has 1 aliphatic rings. The first-order chi connectivity index (χ1) is 9.57. The van der Waals surface area contributed by atoms with Gasteiger partial charge in [0.15, 0.2) is 16.4 Å². The molecule has 0 radical (unpaired) electrons. The van der Waals surface area contributed by atoms with Crippen LogP contribution in [0, 0.1) is 0 Å². The molecule has 0 aromatic heterocycles. The molecule has 1 aromatic rings. The Labute approximate surface area is 123 Å². The molecular formula is C14H11ClF3NO2. The van der Waals surface area contributed by atoms with Gasteiger partial charge in [-0.1, -0.05) is 36.4 Å². The first-order valence-electron chi connectivity index (χ1n) is 5.87. The molecule has 1 aromatic carbocycles. The van der Waals surface area contributed by atoms with Crippen molar-refractivity contribution in [2.24, 2.45) is 5.73 Å². The number of hydrogen-bond acceptors (Lipinski definition) is 3. The maximum absolute atomic E-state index is 13.0. The summed E-state index contributed by atoms with van der Waals surface area (Å²) in [4.78, 5) is 9.39. The van der Waals surface area contributed by atoms with Gasteiger partial charge in [0.25, 0.3) is 0 Å². The van der Waals surface area contributed by atoms with E-state index in [1.165, 1.54) is 12.1 Å². The molecule has 0 heterocycles. The summed E-state index contributed by atoms with van der Waals surface area (Å²) in [5.41, 5.74) is 2.65. The number of halogens is 4. The zero-order valence-electron chi connectivity index (χ0n) is 10.6. The molecule has 0 saturated carbocycles. The standard InChI is InChI=1S/C14H11ClF3NO2/c15-12(14(16,17)18)6-7-13(19,21)10(8-12)11(20)9-4-2-1-3-5-9/h1-8,21H,19H2. The number of benzene rings is 1. The maximum atomic E-state index is 13.0. The molecule has 2 atom stereocenters. The second-order valence-electron chi connectivity index (χ2n) is 4.68. The molecule has 2 unspecified atom stereocenters. The van der Waals surface area contributed by atoms with Gasteiger partial charge < -0.3 is 5.11 Å². The van der Waals surface area contributed by atoms with Crippen LogP contribution in [0.3, 0.4) is 0 Å². The molecule has 0 saturated heterocycles. The zero-order chi connectivity index (χ0) is 15.9. The molecule has 7 heteroatoms. The number of carbonyl (C=O) groups is 1. The van der Waals surface area contributed by atoms with Crippen molar-refractivity contribution in [3.05, 3.63) is 59.7 Å². The van der Waals surface area contributed by atoms with Gasteiger partial charge in [-0.15, -0.1) is 11.6 Å². The van der Waals surface area contributed by atoms with Crippen LogP contribution in [0.5, 0.6) is 0 Å². The molecule has 1 aliphatic carbocycles. The number of rotatable bonds is 2. The maximum Gasteiger partial charge on any atom is 0.414 e. The highest BCUT2D eigenvalue weighted by atomic mass is 35.5. The largest absolute Gasteiger partial charge is 0.414 e. The van der Waals surface area contributed by atoms with E-state index >= 15 is 0 Å². The van der Waals surface area contributed by atoms with Crippen LogP contribution >= 0.6 is 11.6 Å². The fourth-order valence-corrected chi connectivity index (χ4v) is 2.05. The quantitative estimate of drug-likeness (QED) is 0.381. The van der Waals surface area contributed by atoms with E-state index in [1.807, 2.05) is 0 Å². The Bertz CT molecular complexity index is 623. The highest BCUT2D eigenvalue weighted by Crippen LogP contribution is 2.43. The van der Waals surface area contributed by atoms with Crippen molar-refractivity contribution in [1.29, 1.82) is 0 Å². The predicted molar refractivity (Wildman–Crippen MR) is 71.8 cm³/mol. The van der Waals surface area contributed by atoms with Crippen molar-refractivity contribution in [3.8, 4) is 0 Å². The molecule has 0 fully saturated rings. The molecular weight excluding hydrogens is 307 g/mol. The predicted octanol–water partition coefficient (Wildman–Crippen LogP) is 2.55. The average molecular weight is 318 g/mol. The van der Waals surface area contributed by atoms with Gasteiger partial charge in [-0.25, -0.2) is 0 Å². The van der Waals surface area contributed by atoms with Gasteiger partial charge >= 0.3 is 6.18 Å². The van der Waals surface area contributed by atoms with Gasteiger partial charge in [-0.3, -0.25) is 10.5 Å². The molecule has 0 bridgehead atoms. The van der Waals surface area contributed by atoms with E-state index < -0.39 is 28.1 Å². The van der Waals surface area contributed by atoms with Crippen molar-refractivity contribution in [1.82, 2.24) is 0 Å². The van der Waals surface area contributed by atoms with Crippen molar-refractivity contribution in [2.75, 3.05) is 0 Å². The van der Waals surface area contributed by atoms with Crippen molar-refractivity contribution in [3.63, 3.8) is 0 Å². The topological polar surface area (TPSA) is 63.3 Å². The number of carbonyl (C=O) groups excluding carboxylic acids is 1. The summed E-state index contributed by atoms with van der Waals surface area (Å²) in [6, 6.07) is 7.53. The van der Waals surface area contributed by atoms with Crippen LogP contribution in [0.1, 0.15) is 10.4 Å². The van der Waals surface area contributed by atoms with Gasteiger partial charge in [0.1, 0.15) is 0 Å². The van der Waals surface area contributed by atoms with Gasteiger partial charge in [0.05, 0.1) is 0 Å². The number of ketones is 1. The Morgan fingerprint density at radius 1 is 1.19 bits per heavy atom. The first-order valence-corrected chi connectivity index (χ1v) is 6.25. The normalized spacial score (nSPS) is 29.1. The molecule has 21 heavy (non-hydrogen) atoms. The molecule has 3 nitrogen and oxygen atoms in total. The zero-order valence-corrected chi connectivity index (χ0v) is 11.3. The lowest BCUT2D eigenvalue weighted by Crippen LogP contribution is -2.49. The third kappa shape index (κ3) is 2.88. The smallest absolute Gasteiger partial charge is 0.368 e. The number of nitrogens with two attached hydrogens (primary N) is 1. The minimum absolute atomic E-state index is 0.101. The minimum Gasteiger partial charge on any atom is -0.368 e. The van der Waals surface area contributed by atoms with Gasteiger partial charge in [-0.2, -0.15) is 13.2 Å².